The molecule has 110 valence electrons. The highest BCUT2D eigenvalue weighted by molar-refractivity contribution is 6.00. The van der Waals surface area contributed by atoms with Crippen LogP contribution in [0.2, 0.25) is 0 Å². The summed E-state index contributed by atoms with van der Waals surface area (Å²) in [7, 11) is 0. The Morgan fingerprint density at radius 1 is 1.14 bits per heavy atom. The largest absolute Gasteiger partial charge is 0.478 e. The molecule has 0 radical (unpaired) electrons. The van der Waals surface area contributed by atoms with E-state index in [1.807, 2.05) is 0 Å². The lowest BCUT2D eigenvalue weighted by atomic mass is 10.1. The van der Waals surface area contributed by atoms with Crippen LogP contribution in [0.3, 0.4) is 0 Å². The van der Waals surface area contributed by atoms with Crippen LogP contribution in [0.5, 0.6) is 0 Å². The molecule has 0 saturated carbocycles. The van der Waals surface area contributed by atoms with Gasteiger partial charge in [-0.05, 0) is 30.3 Å². The Balaban J connectivity index is 2.30. The van der Waals surface area contributed by atoms with Crippen LogP contribution in [-0.2, 0) is 6.54 Å². The van der Waals surface area contributed by atoms with Crippen LogP contribution in [-0.4, -0.2) is 11.1 Å². The number of nitrogens with one attached hydrogen (secondary N) is 1. The van der Waals surface area contributed by atoms with Crippen molar-refractivity contribution in [3.8, 4) is 0 Å². The predicted octanol–water partition coefficient (Wildman–Crippen LogP) is 3.00. The van der Waals surface area contributed by atoms with Gasteiger partial charge >= 0.3 is 5.97 Å². The Labute approximate surface area is 118 Å². The van der Waals surface area contributed by atoms with E-state index >= 15 is 0 Å². The molecular formula is C14H11F3N2O2. The number of hydrogen-bond acceptors (Lipinski definition) is 3. The standard InChI is InChI=1S/C14H11F3N2O2/c15-8-1-2-9(16)7(5-8)6-19-11-4-3-10(17)13(18)12(11)14(20)21/h1-5,19H,6,18H2,(H,20,21). The molecule has 4 nitrogen and oxygen atoms in total. The van der Waals surface area contributed by atoms with Gasteiger partial charge in [0, 0.05) is 12.1 Å². The van der Waals surface area contributed by atoms with Gasteiger partial charge in [-0.1, -0.05) is 0 Å². The first-order valence-corrected chi connectivity index (χ1v) is 5.89. The molecule has 0 heterocycles. The predicted molar refractivity (Wildman–Crippen MR) is 71.5 cm³/mol. The summed E-state index contributed by atoms with van der Waals surface area (Å²) in [6.07, 6.45) is 0. The van der Waals surface area contributed by atoms with E-state index in [-0.39, 0.29) is 17.8 Å². The molecule has 0 aliphatic carbocycles. The molecule has 0 aliphatic rings. The molecule has 4 N–H and O–H groups in total. The lowest BCUT2D eigenvalue weighted by Crippen LogP contribution is -2.11. The Morgan fingerprint density at radius 3 is 2.48 bits per heavy atom. The van der Waals surface area contributed by atoms with E-state index in [2.05, 4.69) is 5.32 Å². The van der Waals surface area contributed by atoms with Crippen molar-refractivity contribution >= 4 is 17.3 Å². The molecular weight excluding hydrogens is 285 g/mol. The van der Waals surface area contributed by atoms with E-state index in [4.69, 9.17) is 10.8 Å². The monoisotopic (exact) mass is 296 g/mol. The summed E-state index contributed by atoms with van der Waals surface area (Å²) in [5.74, 6) is -3.55. The molecule has 0 fully saturated rings. The van der Waals surface area contributed by atoms with Gasteiger partial charge in [0.1, 0.15) is 23.0 Å². The van der Waals surface area contributed by atoms with Gasteiger partial charge in [-0.15, -0.1) is 0 Å². The van der Waals surface area contributed by atoms with Gasteiger partial charge in [-0.3, -0.25) is 0 Å². The lowest BCUT2D eigenvalue weighted by molar-refractivity contribution is 0.0698. The van der Waals surface area contributed by atoms with Crippen molar-refractivity contribution < 1.29 is 23.1 Å². The molecule has 2 aromatic carbocycles. The van der Waals surface area contributed by atoms with Crippen molar-refractivity contribution in [2.24, 2.45) is 0 Å². The Hall–Kier alpha value is -2.70. The third kappa shape index (κ3) is 3.07. The second-order valence-electron chi connectivity index (χ2n) is 4.28. The first-order valence-electron chi connectivity index (χ1n) is 5.89. The minimum Gasteiger partial charge on any atom is -0.478 e. The van der Waals surface area contributed by atoms with Crippen LogP contribution in [0, 0.1) is 17.5 Å². The number of rotatable bonds is 4. The summed E-state index contributed by atoms with van der Waals surface area (Å²) in [6, 6.07) is 5.08. The molecule has 0 unspecified atom stereocenters. The number of halogens is 3. The number of carboxylic acid groups (broad SMARTS) is 1. The normalized spacial score (nSPS) is 10.4. The zero-order valence-electron chi connectivity index (χ0n) is 10.7. The molecule has 21 heavy (non-hydrogen) atoms. The highest BCUT2D eigenvalue weighted by Gasteiger charge is 2.17. The van der Waals surface area contributed by atoms with Gasteiger partial charge in [0.15, 0.2) is 0 Å². The maximum atomic E-state index is 13.5. The SMILES string of the molecule is Nc1c(F)ccc(NCc2cc(F)ccc2F)c1C(=O)O. The van der Waals surface area contributed by atoms with Gasteiger partial charge in [-0.2, -0.15) is 0 Å². The summed E-state index contributed by atoms with van der Waals surface area (Å²) in [5.41, 5.74) is 4.43. The highest BCUT2D eigenvalue weighted by atomic mass is 19.1. The van der Waals surface area contributed by atoms with E-state index in [9.17, 15) is 18.0 Å². The number of hydrogen-bond donors (Lipinski definition) is 3. The Morgan fingerprint density at radius 2 is 1.81 bits per heavy atom. The van der Waals surface area contributed by atoms with Crippen molar-refractivity contribution in [2.45, 2.75) is 6.54 Å². The number of aromatic carboxylic acids is 1. The van der Waals surface area contributed by atoms with Gasteiger partial charge in [0.25, 0.3) is 0 Å². The second-order valence-corrected chi connectivity index (χ2v) is 4.28. The zero-order valence-corrected chi connectivity index (χ0v) is 10.7. The van der Waals surface area contributed by atoms with Gasteiger partial charge in [-0.25, -0.2) is 18.0 Å². The van der Waals surface area contributed by atoms with Crippen LogP contribution >= 0.6 is 0 Å². The third-order valence-electron chi connectivity index (χ3n) is 2.88. The van der Waals surface area contributed by atoms with E-state index in [0.717, 1.165) is 24.3 Å². The number of carbonyl (C=O) groups is 1. The van der Waals surface area contributed by atoms with E-state index in [1.54, 1.807) is 0 Å². The average Bonchev–Trinajstić information content (AvgIpc) is 2.43. The van der Waals surface area contributed by atoms with Crippen LogP contribution < -0.4 is 11.1 Å². The summed E-state index contributed by atoms with van der Waals surface area (Å²) < 4.78 is 39.8. The first-order chi connectivity index (χ1) is 9.90. The minimum absolute atomic E-state index is 0.00855. The summed E-state index contributed by atoms with van der Waals surface area (Å²) in [6.45, 7) is -0.172. The smallest absolute Gasteiger partial charge is 0.340 e. The van der Waals surface area contributed by atoms with E-state index in [0.29, 0.717) is 0 Å². The van der Waals surface area contributed by atoms with Gasteiger partial charge in [0.05, 0.1) is 11.4 Å². The van der Waals surface area contributed by atoms with Crippen molar-refractivity contribution in [1.82, 2.24) is 0 Å². The fraction of sp³-hybridized carbons (Fsp3) is 0.0714. The van der Waals surface area contributed by atoms with Gasteiger partial charge < -0.3 is 16.2 Å². The fourth-order valence-corrected chi connectivity index (χ4v) is 1.84. The molecule has 0 aliphatic heterocycles. The van der Waals surface area contributed by atoms with Crippen LogP contribution in [0.15, 0.2) is 30.3 Å². The van der Waals surface area contributed by atoms with Crippen molar-refractivity contribution in [1.29, 1.82) is 0 Å². The molecule has 0 bridgehead atoms. The average molecular weight is 296 g/mol. The Kier molecular flexibility index (Phi) is 4.02. The quantitative estimate of drug-likeness (QED) is 0.758. The maximum Gasteiger partial charge on any atom is 0.340 e. The maximum absolute atomic E-state index is 13.5. The zero-order chi connectivity index (χ0) is 15.6. The van der Waals surface area contributed by atoms with Crippen molar-refractivity contribution in [3.05, 3.63) is 58.9 Å². The van der Waals surface area contributed by atoms with Crippen LogP contribution in [0.25, 0.3) is 0 Å². The van der Waals surface area contributed by atoms with Crippen LogP contribution in [0.1, 0.15) is 15.9 Å². The lowest BCUT2D eigenvalue weighted by Gasteiger charge is -2.12. The molecule has 0 amide bonds. The molecule has 2 rings (SSSR count). The number of nitrogen functional groups attached to an aromatic ring is 1. The van der Waals surface area contributed by atoms with Crippen LogP contribution in [0.4, 0.5) is 24.5 Å². The molecule has 0 atom stereocenters. The fourth-order valence-electron chi connectivity index (χ4n) is 1.84. The first kappa shape index (κ1) is 14.7. The van der Waals surface area contributed by atoms with Crippen molar-refractivity contribution in [2.75, 3.05) is 11.1 Å². The molecule has 0 saturated heterocycles. The van der Waals surface area contributed by atoms with Gasteiger partial charge in [0.2, 0.25) is 0 Å². The second kappa shape index (κ2) is 5.74. The summed E-state index contributed by atoms with van der Waals surface area (Å²) in [4.78, 5) is 11.1. The summed E-state index contributed by atoms with van der Waals surface area (Å²) in [5, 5.41) is 11.7. The highest BCUT2D eigenvalue weighted by Crippen LogP contribution is 2.26. The molecule has 0 aromatic heterocycles. The van der Waals surface area contributed by atoms with E-state index in [1.165, 1.54) is 6.07 Å². The topological polar surface area (TPSA) is 75.3 Å². The Bertz CT molecular complexity index is 705. The molecule has 0 spiro atoms. The third-order valence-corrected chi connectivity index (χ3v) is 2.88. The van der Waals surface area contributed by atoms with Crippen molar-refractivity contribution in [3.63, 3.8) is 0 Å². The molecule has 2 aromatic rings. The number of nitrogens with two attached hydrogens (primary N) is 1. The number of anilines is 2. The van der Waals surface area contributed by atoms with E-state index < -0.39 is 34.7 Å². The number of benzene rings is 2. The number of carboxylic acids is 1. The minimum atomic E-state index is -1.42. The summed E-state index contributed by atoms with van der Waals surface area (Å²) >= 11 is 0. The molecule has 7 heteroatoms.